The number of benzene rings is 1. The maximum absolute atomic E-state index is 12.5. The number of rotatable bonds is 3. The Kier molecular flexibility index (Phi) is 4.58. The zero-order chi connectivity index (χ0) is 15.6. The van der Waals surface area contributed by atoms with Crippen LogP contribution in [0.5, 0.6) is 0 Å². The lowest BCUT2D eigenvalue weighted by molar-refractivity contribution is 0.0569. The van der Waals surface area contributed by atoms with E-state index in [-0.39, 0.29) is 5.92 Å². The highest BCUT2D eigenvalue weighted by atomic mass is 79.9. The fraction of sp³-hybridized carbons (Fsp3) is 0.500. The van der Waals surface area contributed by atoms with E-state index in [0.717, 1.165) is 17.3 Å². The molecule has 0 heterocycles. The van der Waals surface area contributed by atoms with E-state index in [1.807, 2.05) is 45.0 Å². The van der Waals surface area contributed by atoms with Gasteiger partial charge in [-0.15, -0.1) is 0 Å². The van der Waals surface area contributed by atoms with E-state index in [4.69, 9.17) is 4.74 Å². The van der Waals surface area contributed by atoms with E-state index in [1.165, 1.54) is 4.90 Å². The van der Waals surface area contributed by atoms with Gasteiger partial charge in [-0.2, -0.15) is 5.26 Å². The van der Waals surface area contributed by atoms with Crippen molar-refractivity contribution in [3.63, 3.8) is 0 Å². The van der Waals surface area contributed by atoms with Gasteiger partial charge in [0.1, 0.15) is 11.6 Å². The molecule has 0 spiro atoms. The third-order valence-electron chi connectivity index (χ3n) is 3.17. The Labute approximate surface area is 133 Å². The van der Waals surface area contributed by atoms with Gasteiger partial charge in [0.25, 0.3) is 0 Å². The Morgan fingerprint density at radius 3 is 2.38 bits per heavy atom. The zero-order valence-electron chi connectivity index (χ0n) is 12.5. The Hall–Kier alpha value is -1.54. The summed E-state index contributed by atoms with van der Waals surface area (Å²) in [5, 5.41) is 9.46. The molecule has 1 fully saturated rings. The van der Waals surface area contributed by atoms with Crippen molar-refractivity contribution in [2.24, 2.45) is 5.92 Å². The number of hydrogen-bond donors (Lipinski definition) is 0. The minimum absolute atomic E-state index is 0.242. The summed E-state index contributed by atoms with van der Waals surface area (Å²) in [6, 6.07) is 9.14. The van der Waals surface area contributed by atoms with Crippen molar-refractivity contribution in [3.05, 3.63) is 28.7 Å². The van der Waals surface area contributed by atoms with Crippen LogP contribution in [0.2, 0.25) is 0 Å². The van der Waals surface area contributed by atoms with Crippen LogP contribution in [0.4, 0.5) is 10.5 Å². The lowest BCUT2D eigenvalue weighted by Gasteiger charge is -2.30. The summed E-state index contributed by atoms with van der Waals surface area (Å²) in [7, 11) is 0. The normalized spacial score (nSPS) is 16.0. The topological polar surface area (TPSA) is 53.3 Å². The molecule has 1 unspecified atom stereocenters. The van der Waals surface area contributed by atoms with E-state index >= 15 is 0 Å². The predicted octanol–water partition coefficient (Wildman–Crippen LogP) is 4.49. The van der Waals surface area contributed by atoms with Gasteiger partial charge in [-0.05, 0) is 63.8 Å². The minimum Gasteiger partial charge on any atom is -0.443 e. The van der Waals surface area contributed by atoms with E-state index < -0.39 is 17.7 Å². The quantitative estimate of drug-likeness (QED) is 0.806. The van der Waals surface area contributed by atoms with Crippen LogP contribution in [0.3, 0.4) is 0 Å². The Bertz CT molecular complexity index is 553. The van der Waals surface area contributed by atoms with Gasteiger partial charge in [0.05, 0.1) is 6.07 Å². The van der Waals surface area contributed by atoms with E-state index in [0.29, 0.717) is 5.69 Å². The van der Waals surface area contributed by atoms with Gasteiger partial charge in [0.2, 0.25) is 0 Å². The number of halogens is 1. The first-order chi connectivity index (χ1) is 9.81. The molecule has 21 heavy (non-hydrogen) atoms. The van der Waals surface area contributed by atoms with Crippen LogP contribution >= 0.6 is 15.9 Å². The second-order valence-electron chi connectivity index (χ2n) is 6.24. The number of anilines is 1. The first kappa shape index (κ1) is 15.8. The van der Waals surface area contributed by atoms with Crippen LogP contribution in [-0.4, -0.2) is 17.7 Å². The zero-order valence-corrected chi connectivity index (χ0v) is 14.1. The van der Waals surface area contributed by atoms with Crippen LogP contribution in [-0.2, 0) is 4.74 Å². The third kappa shape index (κ3) is 4.21. The number of ether oxygens (including phenoxy) is 1. The van der Waals surface area contributed by atoms with Gasteiger partial charge in [0.15, 0.2) is 0 Å². The first-order valence-corrected chi connectivity index (χ1v) is 7.78. The molecule has 5 heteroatoms. The Balaban J connectivity index is 2.32. The number of carbonyl (C=O) groups excluding carboxylic acids is 1. The van der Waals surface area contributed by atoms with Gasteiger partial charge >= 0.3 is 6.09 Å². The van der Waals surface area contributed by atoms with Crippen LogP contribution < -0.4 is 4.90 Å². The van der Waals surface area contributed by atoms with Crippen molar-refractivity contribution < 1.29 is 9.53 Å². The summed E-state index contributed by atoms with van der Waals surface area (Å²) in [6.07, 6.45) is 1.49. The Morgan fingerprint density at radius 2 is 1.95 bits per heavy atom. The fourth-order valence-corrected chi connectivity index (χ4v) is 2.34. The molecule has 1 aliphatic carbocycles. The predicted molar refractivity (Wildman–Crippen MR) is 85.0 cm³/mol. The number of nitriles is 1. The molecule has 0 saturated heterocycles. The fourth-order valence-electron chi connectivity index (χ4n) is 2.08. The number of hydrogen-bond acceptors (Lipinski definition) is 3. The van der Waals surface area contributed by atoms with Crippen molar-refractivity contribution >= 4 is 27.7 Å². The molecule has 1 atom stereocenters. The average Bonchev–Trinajstić information content (AvgIpc) is 3.19. The largest absolute Gasteiger partial charge is 0.443 e. The van der Waals surface area contributed by atoms with Crippen molar-refractivity contribution in [3.8, 4) is 6.07 Å². The summed E-state index contributed by atoms with van der Waals surface area (Å²) in [6.45, 7) is 5.47. The first-order valence-electron chi connectivity index (χ1n) is 6.99. The Morgan fingerprint density at radius 1 is 1.38 bits per heavy atom. The molecule has 2 rings (SSSR count). The third-order valence-corrected chi connectivity index (χ3v) is 3.70. The van der Waals surface area contributed by atoms with Crippen molar-refractivity contribution in [1.29, 1.82) is 5.26 Å². The molecule has 1 aliphatic rings. The summed E-state index contributed by atoms with van der Waals surface area (Å²) < 4.78 is 6.40. The van der Waals surface area contributed by atoms with Crippen molar-refractivity contribution in [2.75, 3.05) is 4.90 Å². The van der Waals surface area contributed by atoms with Gasteiger partial charge in [0, 0.05) is 10.2 Å². The number of nitrogens with zero attached hydrogens (tertiary/aromatic N) is 2. The molecular weight excluding hydrogens is 332 g/mol. The lowest BCUT2D eigenvalue weighted by Crippen LogP contribution is -2.44. The SMILES string of the molecule is CC(C)(C)OC(=O)N(c1ccc(Br)cc1)C(C#N)C1CC1. The molecule has 0 N–H and O–H groups in total. The summed E-state index contributed by atoms with van der Waals surface area (Å²) in [4.78, 5) is 14.0. The molecule has 1 amide bonds. The van der Waals surface area contributed by atoms with Gasteiger partial charge in [-0.1, -0.05) is 15.9 Å². The highest BCUT2D eigenvalue weighted by molar-refractivity contribution is 9.10. The summed E-state index contributed by atoms with van der Waals surface area (Å²) in [5.41, 5.74) is 0.0970. The van der Waals surface area contributed by atoms with Crippen LogP contribution in [0.1, 0.15) is 33.6 Å². The van der Waals surface area contributed by atoms with Gasteiger partial charge in [-0.3, -0.25) is 4.90 Å². The molecule has 0 bridgehead atoms. The summed E-state index contributed by atoms with van der Waals surface area (Å²) >= 11 is 3.38. The maximum Gasteiger partial charge on any atom is 0.415 e. The van der Waals surface area contributed by atoms with E-state index in [1.54, 1.807) is 0 Å². The van der Waals surface area contributed by atoms with Crippen LogP contribution in [0.25, 0.3) is 0 Å². The number of carbonyl (C=O) groups is 1. The smallest absolute Gasteiger partial charge is 0.415 e. The van der Waals surface area contributed by atoms with Crippen molar-refractivity contribution in [2.45, 2.75) is 45.3 Å². The van der Waals surface area contributed by atoms with Gasteiger partial charge in [-0.25, -0.2) is 4.79 Å². The minimum atomic E-state index is -0.589. The molecule has 1 aromatic carbocycles. The van der Waals surface area contributed by atoms with E-state index in [2.05, 4.69) is 22.0 Å². The molecule has 0 aromatic heterocycles. The summed E-state index contributed by atoms with van der Waals surface area (Å²) in [5.74, 6) is 0.242. The molecular formula is C16H19BrN2O2. The second-order valence-corrected chi connectivity index (χ2v) is 7.15. The molecule has 1 aromatic rings. The van der Waals surface area contributed by atoms with Crippen LogP contribution in [0, 0.1) is 17.2 Å². The maximum atomic E-state index is 12.5. The van der Waals surface area contributed by atoms with E-state index in [9.17, 15) is 10.1 Å². The standard InChI is InChI=1S/C16H19BrN2O2/c1-16(2,3)21-15(20)19(14(10-18)11-4-5-11)13-8-6-12(17)7-9-13/h6-9,11,14H,4-5H2,1-3H3. The molecule has 0 radical (unpaired) electrons. The highest BCUT2D eigenvalue weighted by Gasteiger charge is 2.40. The highest BCUT2D eigenvalue weighted by Crippen LogP contribution is 2.37. The molecule has 1 saturated carbocycles. The van der Waals surface area contributed by atoms with Gasteiger partial charge < -0.3 is 4.74 Å². The average molecular weight is 351 g/mol. The molecule has 112 valence electrons. The number of amides is 1. The monoisotopic (exact) mass is 350 g/mol. The van der Waals surface area contributed by atoms with Crippen molar-refractivity contribution in [1.82, 2.24) is 0 Å². The molecule has 0 aliphatic heterocycles. The second kappa shape index (κ2) is 6.07. The van der Waals surface area contributed by atoms with Crippen LogP contribution in [0.15, 0.2) is 28.7 Å². The lowest BCUT2D eigenvalue weighted by atomic mass is 10.1. The molecule has 4 nitrogen and oxygen atoms in total.